The number of thiophene rings is 1. The topological polar surface area (TPSA) is 35.6 Å². The number of hydrogen-bond donors (Lipinski definition) is 1. The van der Waals surface area contributed by atoms with Crippen LogP contribution in [0.15, 0.2) is 13.6 Å². The molecule has 1 amide bonds. The van der Waals surface area contributed by atoms with Gasteiger partial charge in [-0.25, -0.2) is 0 Å². The summed E-state index contributed by atoms with van der Waals surface area (Å²) in [5.41, 5.74) is 0.774. The van der Waals surface area contributed by atoms with E-state index in [1.807, 2.05) is 11.0 Å². The average molecular weight is 409 g/mol. The second kappa shape index (κ2) is 5.81. The molecule has 2 aliphatic heterocycles. The van der Waals surface area contributed by atoms with Gasteiger partial charge in [-0.15, -0.1) is 11.3 Å². The van der Waals surface area contributed by atoms with E-state index in [-0.39, 0.29) is 5.91 Å². The molecule has 2 aliphatic rings. The number of rotatable bonds is 2. The first-order valence-electron chi connectivity index (χ1n) is 6.34. The van der Waals surface area contributed by atoms with E-state index in [0.29, 0.717) is 6.04 Å². The first-order valence-corrected chi connectivity index (χ1v) is 8.74. The van der Waals surface area contributed by atoms with E-state index in [9.17, 15) is 4.79 Å². The van der Waals surface area contributed by atoms with Crippen molar-refractivity contribution >= 4 is 49.1 Å². The average Bonchev–Trinajstić information content (AvgIpc) is 2.66. The molecule has 0 bridgehead atoms. The second-order valence-corrected chi connectivity index (χ2v) is 8.63. The van der Waals surface area contributed by atoms with Crippen molar-refractivity contribution in [3.63, 3.8) is 0 Å². The summed E-state index contributed by atoms with van der Waals surface area (Å²) in [6.07, 6.45) is 0. The highest BCUT2D eigenvalue weighted by Gasteiger charge is 2.30. The number of carbonyl (C=O) groups excluding carboxylic acids is 1. The second-order valence-electron chi connectivity index (χ2n) is 4.88. The van der Waals surface area contributed by atoms with E-state index in [1.165, 1.54) is 0 Å². The van der Waals surface area contributed by atoms with Crippen LogP contribution in [0, 0.1) is 0 Å². The van der Waals surface area contributed by atoms with Crippen LogP contribution >= 0.6 is 43.2 Å². The molecule has 1 aromatic rings. The monoisotopic (exact) mass is 407 g/mol. The van der Waals surface area contributed by atoms with E-state index < -0.39 is 0 Å². The van der Waals surface area contributed by atoms with E-state index in [1.54, 1.807) is 11.3 Å². The first-order chi connectivity index (χ1) is 9.15. The predicted molar refractivity (Wildman–Crippen MR) is 83.9 cm³/mol. The maximum absolute atomic E-state index is 12.4. The molecule has 19 heavy (non-hydrogen) atoms. The third kappa shape index (κ3) is 2.90. The zero-order valence-electron chi connectivity index (χ0n) is 10.4. The molecule has 0 radical (unpaired) electrons. The van der Waals surface area contributed by atoms with Gasteiger partial charge in [-0.2, -0.15) is 0 Å². The summed E-state index contributed by atoms with van der Waals surface area (Å²) in [5.74, 6) is 0.139. The summed E-state index contributed by atoms with van der Waals surface area (Å²) in [7, 11) is 0. The Hall–Kier alpha value is 0.0500. The fraction of sp³-hybridized carbons (Fsp3) is 0.583. The Morgan fingerprint density at radius 3 is 2.42 bits per heavy atom. The Bertz CT molecular complexity index is 481. The maximum atomic E-state index is 12.4. The molecule has 7 heteroatoms. The Kier molecular flexibility index (Phi) is 4.28. The molecule has 2 saturated heterocycles. The molecule has 3 heterocycles. The standard InChI is InChI=1S/C12H15Br2N3OS/c13-10-5-9(11(14)19-10)12(18)17-3-1-16(2-4-17)8-6-15-7-8/h5,8,15H,1-4,6-7H2. The lowest BCUT2D eigenvalue weighted by molar-refractivity contribution is 0.0502. The summed E-state index contributed by atoms with van der Waals surface area (Å²) in [6, 6.07) is 2.58. The summed E-state index contributed by atoms with van der Waals surface area (Å²) in [5, 5.41) is 3.30. The maximum Gasteiger partial charge on any atom is 0.255 e. The van der Waals surface area contributed by atoms with Crippen LogP contribution in [0.25, 0.3) is 0 Å². The van der Waals surface area contributed by atoms with Crippen LogP contribution in [0.2, 0.25) is 0 Å². The molecule has 0 atom stereocenters. The third-order valence-corrected chi connectivity index (χ3v) is 6.10. The van der Waals surface area contributed by atoms with Gasteiger partial charge < -0.3 is 10.2 Å². The van der Waals surface area contributed by atoms with Crippen LogP contribution in [0.5, 0.6) is 0 Å². The van der Waals surface area contributed by atoms with Gasteiger partial charge >= 0.3 is 0 Å². The van der Waals surface area contributed by atoms with Gasteiger partial charge in [0.05, 0.1) is 13.1 Å². The van der Waals surface area contributed by atoms with E-state index in [2.05, 4.69) is 42.1 Å². The highest BCUT2D eigenvalue weighted by atomic mass is 79.9. The highest BCUT2D eigenvalue weighted by Crippen LogP contribution is 2.32. The van der Waals surface area contributed by atoms with Gasteiger partial charge in [0.15, 0.2) is 0 Å². The molecule has 1 aromatic heterocycles. The predicted octanol–water partition coefficient (Wildman–Crippen LogP) is 2.00. The van der Waals surface area contributed by atoms with Crippen molar-refractivity contribution in [3.8, 4) is 0 Å². The molecule has 2 fully saturated rings. The van der Waals surface area contributed by atoms with E-state index in [4.69, 9.17) is 0 Å². The first kappa shape index (κ1) is 14.0. The number of piperazine rings is 1. The van der Waals surface area contributed by atoms with Crippen molar-refractivity contribution in [2.75, 3.05) is 39.3 Å². The lowest BCUT2D eigenvalue weighted by Gasteiger charge is -2.43. The molecule has 0 aromatic carbocycles. The summed E-state index contributed by atoms with van der Waals surface area (Å²) >= 11 is 8.43. The Labute approximate surface area is 133 Å². The number of nitrogens with one attached hydrogen (secondary N) is 1. The molecular weight excluding hydrogens is 394 g/mol. The fourth-order valence-corrected chi connectivity index (χ4v) is 5.26. The van der Waals surface area contributed by atoms with Crippen molar-refractivity contribution in [3.05, 3.63) is 19.2 Å². The van der Waals surface area contributed by atoms with Gasteiger partial charge in [0.2, 0.25) is 0 Å². The zero-order chi connectivity index (χ0) is 13.4. The Balaban J connectivity index is 1.61. The molecule has 104 valence electrons. The smallest absolute Gasteiger partial charge is 0.255 e. The van der Waals surface area contributed by atoms with Crippen LogP contribution < -0.4 is 5.32 Å². The molecular formula is C12H15Br2N3OS. The number of amides is 1. The van der Waals surface area contributed by atoms with Crippen molar-refractivity contribution in [1.29, 1.82) is 0 Å². The van der Waals surface area contributed by atoms with E-state index in [0.717, 1.165) is 52.4 Å². The van der Waals surface area contributed by atoms with Gasteiger partial charge in [0, 0.05) is 45.3 Å². The summed E-state index contributed by atoms with van der Waals surface area (Å²) in [4.78, 5) is 16.9. The van der Waals surface area contributed by atoms with Crippen LogP contribution in [0.1, 0.15) is 10.4 Å². The lowest BCUT2D eigenvalue weighted by Crippen LogP contribution is -2.62. The SMILES string of the molecule is O=C(c1cc(Br)sc1Br)N1CCN(C2CNC2)CC1. The van der Waals surface area contributed by atoms with Crippen molar-refractivity contribution in [2.45, 2.75) is 6.04 Å². The van der Waals surface area contributed by atoms with Gasteiger partial charge in [0.25, 0.3) is 5.91 Å². The van der Waals surface area contributed by atoms with Crippen LogP contribution in [-0.4, -0.2) is 61.0 Å². The third-order valence-electron chi connectivity index (χ3n) is 3.76. The molecule has 1 N–H and O–H groups in total. The van der Waals surface area contributed by atoms with Crippen molar-refractivity contribution in [1.82, 2.24) is 15.1 Å². The van der Waals surface area contributed by atoms with Gasteiger partial charge in [-0.1, -0.05) is 0 Å². The zero-order valence-corrected chi connectivity index (χ0v) is 14.4. The van der Waals surface area contributed by atoms with Crippen LogP contribution in [-0.2, 0) is 0 Å². The Morgan fingerprint density at radius 1 is 1.26 bits per heavy atom. The lowest BCUT2D eigenvalue weighted by atomic mass is 10.1. The minimum absolute atomic E-state index is 0.139. The summed E-state index contributed by atoms with van der Waals surface area (Å²) < 4.78 is 1.90. The van der Waals surface area contributed by atoms with Gasteiger partial charge in [-0.05, 0) is 37.9 Å². The molecule has 0 aliphatic carbocycles. The number of carbonyl (C=O) groups is 1. The number of hydrogen-bond acceptors (Lipinski definition) is 4. The summed E-state index contributed by atoms with van der Waals surface area (Å²) in [6.45, 7) is 5.82. The number of halogens is 2. The fourth-order valence-electron chi connectivity index (χ4n) is 2.48. The van der Waals surface area contributed by atoms with E-state index >= 15 is 0 Å². The Morgan fingerprint density at radius 2 is 1.95 bits per heavy atom. The minimum atomic E-state index is 0.139. The molecule has 4 nitrogen and oxygen atoms in total. The van der Waals surface area contributed by atoms with Crippen molar-refractivity contribution < 1.29 is 4.79 Å². The molecule has 0 saturated carbocycles. The van der Waals surface area contributed by atoms with Gasteiger partial charge in [-0.3, -0.25) is 9.69 Å². The van der Waals surface area contributed by atoms with Gasteiger partial charge in [0.1, 0.15) is 0 Å². The molecule has 3 rings (SSSR count). The van der Waals surface area contributed by atoms with Crippen LogP contribution in [0.4, 0.5) is 0 Å². The quantitative estimate of drug-likeness (QED) is 0.812. The number of nitrogens with zero attached hydrogens (tertiary/aromatic N) is 2. The highest BCUT2D eigenvalue weighted by molar-refractivity contribution is 9.12. The molecule has 0 spiro atoms. The largest absolute Gasteiger partial charge is 0.336 e. The normalized spacial score (nSPS) is 21.5. The molecule has 0 unspecified atom stereocenters. The van der Waals surface area contributed by atoms with Crippen molar-refractivity contribution in [2.24, 2.45) is 0 Å². The minimum Gasteiger partial charge on any atom is -0.336 e. The van der Waals surface area contributed by atoms with Crippen LogP contribution in [0.3, 0.4) is 0 Å².